The molecule has 0 atom stereocenters. The van der Waals surface area contributed by atoms with Crippen LogP contribution in [-0.2, 0) is 21.3 Å². The molecule has 0 spiro atoms. The van der Waals surface area contributed by atoms with Gasteiger partial charge in [0, 0.05) is 25.0 Å². The van der Waals surface area contributed by atoms with E-state index in [1.807, 2.05) is 20.8 Å². The molecule has 6 nitrogen and oxygen atoms in total. The summed E-state index contributed by atoms with van der Waals surface area (Å²) in [5, 5.41) is 3.13. The van der Waals surface area contributed by atoms with Crippen LogP contribution in [0.5, 0.6) is 0 Å². The smallest absolute Gasteiger partial charge is 0.242 e. The third kappa shape index (κ3) is 5.73. The van der Waals surface area contributed by atoms with Crippen LogP contribution in [0.3, 0.4) is 0 Å². The molecule has 0 bridgehead atoms. The van der Waals surface area contributed by atoms with Crippen molar-refractivity contribution in [2.75, 3.05) is 19.7 Å². The normalized spacial score (nSPS) is 12.2. The Bertz CT molecular complexity index is 468. The molecule has 1 rings (SSSR count). The van der Waals surface area contributed by atoms with Crippen LogP contribution in [0.4, 0.5) is 0 Å². The molecule has 3 N–H and O–H groups in total. The number of ether oxygens (including phenoxy) is 1. The van der Waals surface area contributed by atoms with Crippen molar-refractivity contribution < 1.29 is 13.2 Å². The molecule has 0 unspecified atom stereocenters. The van der Waals surface area contributed by atoms with Crippen LogP contribution in [0.1, 0.15) is 26.5 Å². The van der Waals surface area contributed by atoms with Gasteiger partial charge in [0.25, 0.3) is 0 Å². The number of rotatable bonds is 9. The van der Waals surface area contributed by atoms with Crippen molar-refractivity contribution in [3.8, 4) is 0 Å². The van der Waals surface area contributed by atoms with E-state index >= 15 is 0 Å². The molecule has 0 amide bonds. The fraction of sp³-hybridized carbons (Fsp3) is 0.667. The Labute approximate surface area is 115 Å². The molecular weight excluding hydrogens is 266 g/mol. The molecule has 0 saturated heterocycles. The maximum Gasteiger partial charge on any atom is 0.242 e. The number of H-pyrrole nitrogens is 1. The van der Waals surface area contributed by atoms with Crippen LogP contribution in [0.2, 0.25) is 0 Å². The predicted molar refractivity (Wildman–Crippen MR) is 74.4 cm³/mol. The molecule has 0 aliphatic carbocycles. The Morgan fingerprint density at radius 1 is 1.42 bits per heavy atom. The molecule has 7 heteroatoms. The zero-order chi connectivity index (χ0) is 14.3. The lowest BCUT2D eigenvalue weighted by atomic mass is 10.4. The Morgan fingerprint density at radius 2 is 2.16 bits per heavy atom. The zero-order valence-electron chi connectivity index (χ0n) is 11.7. The zero-order valence-corrected chi connectivity index (χ0v) is 12.5. The van der Waals surface area contributed by atoms with E-state index in [0.29, 0.717) is 13.2 Å². The summed E-state index contributed by atoms with van der Waals surface area (Å²) in [6.45, 7) is 7.92. The van der Waals surface area contributed by atoms with Gasteiger partial charge in [0.05, 0.1) is 17.6 Å². The van der Waals surface area contributed by atoms with E-state index in [0.717, 1.165) is 12.2 Å². The van der Waals surface area contributed by atoms with Crippen LogP contribution in [0.25, 0.3) is 0 Å². The largest absolute Gasteiger partial charge is 0.377 e. The van der Waals surface area contributed by atoms with Gasteiger partial charge in [0.15, 0.2) is 0 Å². The highest BCUT2D eigenvalue weighted by atomic mass is 32.2. The third-order valence-electron chi connectivity index (χ3n) is 2.44. The van der Waals surface area contributed by atoms with Crippen LogP contribution < -0.4 is 10.0 Å². The van der Waals surface area contributed by atoms with Crippen molar-refractivity contribution in [3.63, 3.8) is 0 Å². The average molecular weight is 289 g/mol. The van der Waals surface area contributed by atoms with Crippen LogP contribution in [-0.4, -0.2) is 39.2 Å². The maximum atomic E-state index is 12.0. The summed E-state index contributed by atoms with van der Waals surface area (Å²) in [5.74, 6) is 0. The van der Waals surface area contributed by atoms with Crippen molar-refractivity contribution in [1.82, 2.24) is 15.0 Å². The van der Waals surface area contributed by atoms with E-state index in [9.17, 15) is 8.42 Å². The molecule has 1 aromatic rings. The number of aromatic amines is 1. The fourth-order valence-electron chi connectivity index (χ4n) is 1.49. The van der Waals surface area contributed by atoms with Crippen molar-refractivity contribution in [1.29, 1.82) is 0 Å². The SMILES string of the molecule is CCNCc1cc(S(=O)(=O)NCCOC(C)C)c[nH]1. The minimum Gasteiger partial charge on any atom is -0.377 e. The molecule has 19 heavy (non-hydrogen) atoms. The van der Waals surface area contributed by atoms with Gasteiger partial charge in [-0.15, -0.1) is 0 Å². The third-order valence-corrected chi connectivity index (χ3v) is 3.88. The highest BCUT2D eigenvalue weighted by Gasteiger charge is 2.15. The predicted octanol–water partition coefficient (Wildman–Crippen LogP) is 0.828. The lowest BCUT2D eigenvalue weighted by molar-refractivity contribution is 0.0834. The lowest BCUT2D eigenvalue weighted by Gasteiger charge is -2.08. The lowest BCUT2D eigenvalue weighted by Crippen LogP contribution is -2.28. The standard InChI is InChI=1S/C12H23N3O3S/c1-4-13-8-11-7-12(9-14-11)19(16,17)15-5-6-18-10(2)3/h7,9-10,13-15H,4-6,8H2,1-3H3. The second kappa shape index (κ2) is 7.64. The van der Waals surface area contributed by atoms with Gasteiger partial charge >= 0.3 is 0 Å². The highest BCUT2D eigenvalue weighted by Crippen LogP contribution is 2.10. The molecule has 1 heterocycles. The number of hydrogen-bond acceptors (Lipinski definition) is 4. The number of nitrogens with one attached hydrogen (secondary N) is 3. The molecule has 0 saturated carbocycles. The summed E-state index contributed by atoms with van der Waals surface area (Å²) in [6.07, 6.45) is 1.60. The Kier molecular flexibility index (Phi) is 6.50. The van der Waals surface area contributed by atoms with Gasteiger partial charge in [-0.1, -0.05) is 6.92 Å². The monoisotopic (exact) mass is 289 g/mol. The van der Waals surface area contributed by atoms with Crippen molar-refractivity contribution >= 4 is 10.0 Å². The second-order valence-electron chi connectivity index (χ2n) is 4.46. The molecule has 0 fully saturated rings. The van der Waals surface area contributed by atoms with Gasteiger partial charge in [-0.3, -0.25) is 0 Å². The maximum absolute atomic E-state index is 12.0. The first-order valence-corrected chi connectivity index (χ1v) is 7.93. The van der Waals surface area contributed by atoms with Gasteiger partial charge in [0.2, 0.25) is 10.0 Å². The highest BCUT2D eigenvalue weighted by molar-refractivity contribution is 7.89. The summed E-state index contributed by atoms with van der Waals surface area (Å²) < 4.78 is 31.7. The molecule has 0 aliphatic heterocycles. The molecule has 0 aromatic carbocycles. The Morgan fingerprint density at radius 3 is 2.79 bits per heavy atom. The van der Waals surface area contributed by atoms with Crippen molar-refractivity contribution in [2.24, 2.45) is 0 Å². The first-order valence-electron chi connectivity index (χ1n) is 6.45. The second-order valence-corrected chi connectivity index (χ2v) is 6.23. The van der Waals surface area contributed by atoms with Gasteiger partial charge in [0.1, 0.15) is 0 Å². The van der Waals surface area contributed by atoms with E-state index in [4.69, 9.17) is 4.74 Å². The molecule has 1 aromatic heterocycles. The summed E-state index contributed by atoms with van der Waals surface area (Å²) in [6, 6.07) is 1.63. The molecule has 0 radical (unpaired) electrons. The molecular formula is C12H23N3O3S. The minimum absolute atomic E-state index is 0.100. The van der Waals surface area contributed by atoms with Gasteiger partial charge in [-0.2, -0.15) is 0 Å². The summed E-state index contributed by atoms with van der Waals surface area (Å²) >= 11 is 0. The van der Waals surface area contributed by atoms with Crippen molar-refractivity contribution in [3.05, 3.63) is 18.0 Å². The Balaban J connectivity index is 2.50. The van der Waals surface area contributed by atoms with E-state index in [1.165, 1.54) is 6.20 Å². The van der Waals surface area contributed by atoms with E-state index < -0.39 is 10.0 Å². The minimum atomic E-state index is -3.45. The van der Waals surface area contributed by atoms with E-state index in [1.54, 1.807) is 6.07 Å². The van der Waals surface area contributed by atoms with E-state index in [2.05, 4.69) is 15.0 Å². The first-order chi connectivity index (χ1) is 8.95. The van der Waals surface area contributed by atoms with Gasteiger partial charge in [-0.05, 0) is 26.5 Å². The van der Waals surface area contributed by atoms with Crippen LogP contribution in [0.15, 0.2) is 17.2 Å². The van der Waals surface area contributed by atoms with E-state index in [-0.39, 0.29) is 17.5 Å². The molecule has 110 valence electrons. The van der Waals surface area contributed by atoms with Gasteiger partial charge in [-0.25, -0.2) is 13.1 Å². The van der Waals surface area contributed by atoms with Gasteiger partial charge < -0.3 is 15.0 Å². The van der Waals surface area contributed by atoms with Crippen LogP contribution >= 0.6 is 0 Å². The summed E-state index contributed by atoms with van der Waals surface area (Å²) in [7, 11) is -3.45. The fourth-order valence-corrected chi connectivity index (χ4v) is 2.52. The summed E-state index contributed by atoms with van der Waals surface area (Å²) in [4.78, 5) is 3.20. The number of hydrogen-bond donors (Lipinski definition) is 3. The average Bonchev–Trinajstić information content (AvgIpc) is 2.81. The number of sulfonamides is 1. The summed E-state index contributed by atoms with van der Waals surface area (Å²) in [5.41, 5.74) is 0.848. The number of aromatic nitrogens is 1. The first kappa shape index (κ1) is 16.2. The topological polar surface area (TPSA) is 83.2 Å². The Hall–Kier alpha value is -0.890. The van der Waals surface area contributed by atoms with Crippen molar-refractivity contribution in [2.45, 2.75) is 38.3 Å². The quantitative estimate of drug-likeness (QED) is 0.588. The van der Waals surface area contributed by atoms with Crippen LogP contribution in [0, 0.1) is 0 Å². The molecule has 0 aliphatic rings.